The van der Waals surface area contributed by atoms with E-state index in [2.05, 4.69) is 20.0 Å². The molecule has 0 radical (unpaired) electrons. The van der Waals surface area contributed by atoms with Crippen molar-refractivity contribution in [2.24, 2.45) is 0 Å². The maximum atomic E-state index is 12.5. The van der Waals surface area contributed by atoms with Gasteiger partial charge in [-0.05, 0) is 42.8 Å². The van der Waals surface area contributed by atoms with Gasteiger partial charge in [0.2, 0.25) is 11.7 Å². The number of ether oxygens (including phenoxy) is 2. The Morgan fingerprint density at radius 1 is 1.19 bits per heavy atom. The maximum absolute atomic E-state index is 12.5. The largest absolute Gasteiger partial charge is 0.493 e. The first kappa shape index (κ1) is 22.6. The Kier molecular flexibility index (Phi) is 6.94. The molecule has 1 amide bonds. The van der Waals surface area contributed by atoms with E-state index in [0.29, 0.717) is 34.7 Å². The van der Waals surface area contributed by atoms with Crippen LogP contribution in [-0.2, 0) is 11.0 Å². The highest BCUT2D eigenvalue weighted by molar-refractivity contribution is 5.90. The molecule has 0 aliphatic carbocycles. The quantitative estimate of drug-likeness (QED) is 0.510. The van der Waals surface area contributed by atoms with Crippen molar-refractivity contribution in [3.8, 4) is 29.0 Å². The molecule has 2 aromatic carbocycles. The van der Waals surface area contributed by atoms with Crippen LogP contribution in [0.1, 0.15) is 24.3 Å². The van der Waals surface area contributed by atoms with Crippen LogP contribution in [0.5, 0.6) is 11.5 Å². The first-order valence-electron chi connectivity index (χ1n) is 9.32. The number of hydrogen-bond acceptors (Lipinski definition) is 7. The lowest BCUT2D eigenvalue weighted by Crippen LogP contribution is -2.12. The van der Waals surface area contributed by atoms with Gasteiger partial charge in [-0.2, -0.15) is 23.4 Å². The summed E-state index contributed by atoms with van der Waals surface area (Å²) >= 11 is 0. The molecule has 3 aromatic rings. The van der Waals surface area contributed by atoms with E-state index >= 15 is 0 Å². The fourth-order valence-corrected chi connectivity index (χ4v) is 2.65. The Bertz CT molecular complexity index is 1120. The van der Waals surface area contributed by atoms with Gasteiger partial charge in [-0.1, -0.05) is 5.16 Å². The molecule has 3 rings (SSSR count). The van der Waals surface area contributed by atoms with Gasteiger partial charge in [0.25, 0.3) is 0 Å². The number of hydrogen-bond donors (Lipinski definition) is 1. The zero-order valence-electron chi connectivity index (χ0n) is 16.8. The summed E-state index contributed by atoms with van der Waals surface area (Å²) in [4.78, 5) is 15.4. The Balaban J connectivity index is 1.47. The lowest BCUT2D eigenvalue weighted by molar-refractivity contribution is -0.159. The van der Waals surface area contributed by atoms with E-state index < -0.39 is 12.1 Å². The Morgan fingerprint density at radius 3 is 2.56 bits per heavy atom. The van der Waals surface area contributed by atoms with Crippen molar-refractivity contribution in [1.82, 2.24) is 10.1 Å². The van der Waals surface area contributed by atoms with Crippen molar-refractivity contribution in [2.45, 2.75) is 19.0 Å². The zero-order chi connectivity index (χ0) is 23.1. The number of nitrogens with zero attached hydrogens (tertiary/aromatic N) is 3. The fraction of sp³-hybridized carbons (Fsp3) is 0.238. The summed E-state index contributed by atoms with van der Waals surface area (Å²) in [6, 6.07) is 12.8. The van der Waals surface area contributed by atoms with Gasteiger partial charge in [-0.15, -0.1) is 0 Å². The minimum atomic E-state index is -4.71. The molecular weight excluding hydrogens is 429 g/mol. The summed E-state index contributed by atoms with van der Waals surface area (Å²) in [5.74, 6) is -0.987. The highest BCUT2D eigenvalue weighted by Crippen LogP contribution is 2.30. The topological polar surface area (TPSA) is 110 Å². The van der Waals surface area contributed by atoms with E-state index in [1.807, 2.05) is 6.07 Å². The minimum absolute atomic E-state index is 0.181. The summed E-state index contributed by atoms with van der Waals surface area (Å²) in [6.07, 6.45) is -4.11. The van der Waals surface area contributed by atoms with E-state index in [1.165, 1.54) is 31.4 Å². The lowest BCUT2D eigenvalue weighted by atomic mass is 10.2. The summed E-state index contributed by atoms with van der Waals surface area (Å²) in [6.45, 7) is 0.258. The van der Waals surface area contributed by atoms with Crippen LogP contribution < -0.4 is 14.8 Å². The van der Waals surface area contributed by atoms with E-state index in [-0.39, 0.29) is 24.8 Å². The van der Waals surface area contributed by atoms with Crippen molar-refractivity contribution in [3.05, 3.63) is 53.9 Å². The number of rotatable bonds is 8. The fourth-order valence-electron chi connectivity index (χ4n) is 2.65. The summed E-state index contributed by atoms with van der Waals surface area (Å²) in [7, 11) is 1.47. The molecule has 0 saturated heterocycles. The van der Waals surface area contributed by atoms with Crippen LogP contribution in [0, 0.1) is 11.3 Å². The number of amides is 1. The number of anilines is 1. The number of methoxy groups -OCH3 is 1. The SMILES string of the molecule is COc1cc(C#N)ccc1OCCCC(=O)Nc1ccc(-c2noc(C(F)(F)F)n2)cc1. The molecule has 32 heavy (non-hydrogen) atoms. The number of halogens is 3. The molecule has 0 atom stereocenters. The standard InChI is InChI=1S/C21H17F3N4O4/c1-30-17-11-13(12-25)4-9-16(17)31-10-2-3-18(29)26-15-7-5-14(6-8-15)19-27-20(32-28-19)21(22,23)24/h4-9,11H,2-3,10H2,1H3,(H,26,29). The molecular formula is C21H17F3N4O4. The van der Waals surface area contributed by atoms with Crippen LogP contribution in [0.2, 0.25) is 0 Å². The van der Waals surface area contributed by atoms with Crippen LogP contribution in [0.25, 0.3) is 11.4 Å². The van der Waals surface area contributed by atoms with E-state index in [9.17, 15) is 18.0 Å². The molecule has 0 aliphatic heterocycles. The summed E-state index contributed by atoms with van der Waals surface area (Å²) in [5, 5.41) is 14.9. The average molecular weight is 446 g/mol. The second-order valence-corrected chi connectivity index (χ2v) is 6.48. The third-order valence-corrected chi connectivity index (χ3v) is 4.19. The first-order chi connectivity index (χ1) is 15.3. The van der Waals surface area contributed by atoms with Gasteiger partial charge in [-0.3, -0.25) is 4.79 Å². The highest BCUT2D eigenvalue weighted by atomic mass is 19.4. The van der Waals surface area contributed by atoms with E-state index in [0.717, 1.165) is 0 Å². The molecule has 0 bridgehead atoms. The Morgan fingerprint density at radius 2 is 1.94 bits per heavy atom. The van der Waals surface area contributed by atoms with E-state index in [1.54, 1.807) is 18.2 Å². The molecule has 0 aliphatic rings. The average Bonchev–Trinajstić information content (AvgIpc) is 3.28. The minimum Gasteiger partial charge on any atom is -0.493 e. The van der Waals surface area contributed by atoms with Crippen LogP contribution in [0.4, 0.5) is 18.9 Å². The second kappa shape index (κ2) is 9.82. The number of alkyl halides is 3. The zero-order valence-corrected chi connectivity index (χ0v) is 16.8. The first-order valence-corrected chi connectivity index (χ1v) is 9.32. The van der Waals surface area contributed by atoms with Crippen molar-refractivity contribution in [2.75, 3.05) is 19.0 Å². The van der Waals surface area contributed by atoms with Gasteiger partial charge >= 0.3 is 12.1 Å². The lowest BCUT2D eigenvalue weighted by Gasteiger charge is -2.11. The molecule has 0 unspecified atom stereocenters. The second-order valence-electron chi connectivity index (χ2n) is 6.48. The third-order valence-electron chi connectivity index (χ3n) is 4.19. The maximum Gasteiger partial charge on any atom is 0.471 e. The van der Waals surface area contributed by atoms with Crippen LogP contribution in [-0.4, -0.2) is 29.8 Å². The number of aromatic nitrogens is 2. The molecule has 1 N–H and O–H groups in total. The van der Waals surface area contributed by atoms with E-state index in [4.69, 9.17) is 14.7 Å². The van der Waals surface area contributed by atoms with Gasteiger partial charge in [0.15, 0.2) is 11.5 Å². The number of nitrogens with one attached hydrogen (secondary N) is 1. The van der Waals surface area contributed by atoms with Crippen molar-refractivity contribution < 1.29 is 32.0 Å². The Hall–Kier alpha value is -4.07. The van der Waals surface area contributed by atoms with Gasteiger partial charge in [0.05, 0.1) is 25.3 Å². The van der Waals surface area contributed by atoms with Crippen molar-refractivity contribution >= 4 is 11.6 Å². The molecule has 11 heteroatoms. The molecule has 8 nitrogen and oxygen atoms in total. The van der Waals surface area contributed by atoms with Crippen molar-refractivity contribution in [1.29, 1.82) is 5.26 Å². The number of nitriles is 1. The molecule has 0 fully saturated rings. The van der Waals surface area contributed by atoms with Gasteiger partial charge in [-0.25, -0.2) is 0 Å². The number of benzene rings is 2. The smallest absolute Gasteiger partial charge is 0.471 e. The van der Waals surface area contributed by atoms with Gasteiger partial charge < -0.3 is 19.3 Å². The monoisotopic (exact) mass is 446 g/mol. The molecule has 0 spiro atoms. The van der Waals surface area contributed by atoms with Crippen LogP contribution in [0.3, 0.4) is 0 Å². The predicted molar refractivity (Wildman–Crippen MR) is 106 cm³/mol. The third kappa shape index (κ3) is 5.75. The summed E-state index contributed by atoms with van der Waals surface area (Å²) in [5.41, 5.74) is 1.22. The van der Waals surface area contributed by atoms with Gasteiger partial charge in [0, 0.05) is 23.7 Å². The molecule has 166 valence electrons. The Labute approximate surface area is 180 Å². The molecule has 0 saturated carbocycles. The number of carbonyl (C=O) groups is 1. The van der Waals surface area contributed by atoms with Crippen molar-refractivity contribution in [3.63, 3.8) is 0 Å². The van der Waals surface area contributed by atoms with Crippen LogP contribution >= 0.6 is 0 Å². The number of carbonyl (C=O) groups excluding carboxylic acids is 1. The van der Waals surface area contributed by atoms with Gasteiger partial charge in [0.1, 0.15) is 0 Å². The molecule has 1 heterocycles. The van der Waals surface area contributed by atoms with Crippen LogP contribution in [0.15, 0.2) is 47.0 Å². The normalized spacial score (nSPS) is 11.0. The predicted octanol–water partition coefficient (Wildman–Crippen LogP) is 4.43. The molecule has 1 aromatic heterocycles. The summed E-state index contributed by atoms with van der Waals surface area (Å²) < 4.78 is 52.6. The highest BCUT2D eigenvalue weighted by Gasteiger charge is 2.38.